The Bertz CT molecular complexity index is 222. The van der Waals surface area contributed by atoms with Crippen molar-refractivity contribution in [2.24, 2.45) is 0 Å². The molecule has 0 spiro atoms. The quantitative estimate of drug-likeness (QED) is 0.358. The van der Waals surface area contributed by atoms with E-state index in [1.807, 2.05) is 6.92 Å². The lowest BCUT2D eigenvalue weighted by Gasteiger charge is -2.21. The van der Waals surface area contributed by atoms with Gasteiger partial charge in [0.15, 0.2) is 8.32 Å². The average Bonchev–Trinajstić information content (AvgIpc) is 2.28. The van der Waals surface area contributed by atoms with Gasteiger partial charge in [-0.3, -0.25) is 4.79 Å². The first kappa shape index (κ1) is 17.6. The second-order valence-electron chi connectivity index (χ2n) is 4.95. The molecule has 0 rings (SSSR count). The first-order chi connectivity index (χ1) is 8.52. The zero-order chi connectivity index (χ0) is 13.9. The third-order valence-corrected chi connectivity index (χ3v) is 5.36. The summed E-state index contributed by atoms with van der Waals surface area (Å²) in [6.45, 7) is 11.4. The second-order valence-corrected chi connectivity index (χ2v) is 9.26. The van der Waals surface area contributed by atoms with Crippen molar-refractivity contribution in [1.82, 2.24) is 5.32 Å². The predicted molar refractivity (Wildman–Crippen MR) is 77.3 cm³/mol. The van der Waals surface area contributed by atoms with Crippen LogP contribution in [-0.4, -0.2) is 40.6 Å². The summed E-state index contributed by atoms with van der Waals surface area (Å²) in [7, 11) is -1.40. The molecular weight excluding hydrogens is 246 g/mol. The zero-order valence-corrected chi connectivity index (χ0v) is 13.4. The Morgan fingerprint density at radius 1 is 1.11 bits per heavy atom. The lowest BCUT2D eigenvalue weighted by atomic mass is 10.3. The van der Waals surface area contributed by atoms with Crippen LogP contribution in [0.15, 0.2) is 0 Å². The Balaban J connectivity index is 3.33. The Morgan fingerprint density at radius 3 is 2.44 bits per heavy atom. The van der Waals surface area contributed by atoms with Gasteiger partial charge in [0.05, 0.1) is 13.0 Å². The standard InChI is InChI=1S/C13H29NO3Si/c1-5-16-13(15)9-11-14-10-7-8-12-18(3,4)17-6-2/h14H,5-12H2,1-4H3. The molecule has 0 saturated carbocycles. The van der Waals surface area contributed by atoms with Crippen LogP contribution in [0.5, 0.6) is 0 Å². The first-order valence-corrected chi connectivity index (χ1v) is 10.1. The highest BCUT2D eigenvalue weighted by Crippen LogP contribution is 2.14. The fourth-order valence-corrected chi connectivity index (χ4v) is 3.84. The van der Waals surface area contributed by atoms with E-state index in [0.29, 0.717) is 19.6 Å². The van der Waals surface area contributed by atoms with Crippen LogP contribution in [0.3, 0.4) is 0 Å². The van der Waals surface area contributed by atoms with Gasteiger partial charge in [0.1, 0.15) is 0 Å². The van der Waals surface area contributed by atoms with E-state index in [1.165, 1.54) is 12.5 Å². The molecule has 0 aromatic carbocycles. The molecule has 4 nitrogen and oxygen atoms in total. The molecule has 0 heterocycles. The van der Waals surface area contributed by atoms with Crippen molar-refractivity contribution >= 4 is 14.3 Å². The molecule has 0 aromatic heterocycles. The number of unbranched alkanes of at least 4 members (excludes halogenated alkanes) is 1. The van der Waals surface area contributed by atoms with Gasteiger partial charge in [0, 0.05) is 13.2 Å². The van der Waals surface area contributed by atoms with Crippen molar-refractivity contribution in [3.05, 3.63) is 0 Å². The van der Waals surface area contributed by atoms with E-state index in [4.69, 9.17) is 9.16 Å². The first-order valence-electron chi connectivity index (χ1n) is 7.02. The van der Waals surface area contributed by atoms with Crippen molar-refractivity contribution in [3.63, 3.8) is 0 Å². The second kappa shape index (κ2) is 10.5. The number of hydrogen-bond donors (Lipinski definition) is 1. The van der Waals surface area contributed by atoms with Crippen LogP contribution < -0.4 is 5.32 Å². The Morgan fingerprint density at radius 2 is 1.83 bits per heavy atom. The molecule has 18 heavy (non-hydrogen) atoms. The fourth-order valence-electron chi connectivity index (χ4n) is 1.81. The van der Waals surface area contributed by atoms with Crippen molar-refractivity contribution in [1.29, 1.82) is 0 Å². The number of rotatable bonds is 11. The lowest BCUT2D eigenvalue weighted by Crippen LogP contribution is -2.30. The van der Waals surface area contributed by atoms with Crippen molar-refractivity contribution < 1.29 is 14.0 Å². The molecule has 0 aromatic rings. The summed E-state index contributed by atoms with van der Waals surface area (Å²) < 4.78 is 10.6. The highest BCUT2D eigenvalue weighted by Gasteiger charge is 2.20. The van der Waals surface area contributed by atoms with E-state index in [0.717, 1.165) is 19.6 Å². The summed E-state index contributed by atoms with van der Waals surface area (Å²) in [4.78, 5) is 11.1. The lowest BCUT2D eigenvalue weighted by molar-refractivity contribution is -0.142. The van der Waals surface area contributed by atoms with Gasteiger partial charge in [0.25, 0.3) is 0 Å². The third-order valence-electron chi connectivity index (χ3n) is 2.73. The number of carbonyl (C=O) groups excluding carboxylic acids is 1. The molecule has 5 heteroatoms. The van der Waals surface area contributed by atoms with Gasteiger partial charge in [-0.2, -0.15) is 0 Å². The van der Waals surface area contributed by atoms with Gasteiger partial charge >= 0.3 is 5.97 Å². The molecule has 108 valence electrons. The van der Waals surface area contributed by atoms with Crippen LogP contribution in [0, 0.1) is 0 Å². The average molecular weight is 275 g/mol. The van der Waals surface area contributed by atoms with E-state index >= 15 is 0 Å². The molecule has 0 saturated heterocycles. The minimum absolute atomic E-state index is 0.116. The summed E-state index contributed by atoms with van der Waals surface area (Å²) in [5.41, 5.74) is 0. The largest absolute Gasteiger partial charge is 0.466 e. The predicted octanol–water partition coefficient (Wildman–Crippen LogP) is 2.55. The van der Waals surface area contributed by atoms with Gasteiger partial charge in [-0.1, -0.05) is 6.42 Å². The van der Waals surface area contributed by atoms with Crippen LogP contribution in [-0.2, 0) is 14.0 Å². The van der Waals surface area contributed by atoms with Crippen molar-refractivity contribution in [2.75, 3.05) is 26.3 Å². The smallest absolute Gasteiger partial charge is 0.307 e. The highest BCUT2D eigenvalue weighted by atomic mass is 28.4. The maximum Gasteiger partial charge on any atom is 0.307 e. The van der Waals surface area contributed by atoms with Gasteiger partial charge in [0.2, 0.25) is 0 Å². The molecule has 0 aliphatic carbocycles. The minimum Gasteiger partial charge on any atom is -0.466 e. The molecule has 1 N–H and O–H groups in total. The number of nitrogens with one attached hydrogen (secondary N) is 1. The van der Waals surface area contributed by atoms with Gasteiger partial charge in [-0.05, 0) is 46.0 Å². The Hall–Kier alpha value is -0.393. The molecule has 0 bridgehead atoms. The van der Waals surface area contributed by atoms with E-state index in [1.54, 1.807) is 0 Å². The summed E-state index contributed by atoms with van der Waals surface area (Å²) in [5, 5.41) is 3.27. The van der Waals surface area contributed by atoms with Gasteiger partial charge in [-0.15, -0.1) is 0 Å². The molecule has 0 radical (unpaired) electrons. The van der Waals surface area contributed by atoms with E-state index in [-0.39, 0.29) is 5.97 Å². The third kappa shape index (κ3) is 10.7. The monoisotopic (exact) mass is 275 g/mol. The maximum atomic E-state index is 11.1. The summed E-state index contributed by atoms with van der Waals surface area (Å²) in [5.74, 6) is -0.116. The summed E-state index contributed by atoms with van der Waals surface area (Å²) in [6.07, 6.45) is 2.81. The Labute approximate surface area is 113 Å². The fraction of sp³-hybridized carbons (Fsp3) is 0.923. The van der Waals surface area contributed by atoms with Crippen LogP contribution in [0.1, 0.15) is 33.1 Å². The van der Waals surface area contributed by atoms with Crippen molar-refractivity contribution in [3.8, 4) is 0 Å². The van der Waals surface area contributed by atoms with E-state index in [9.17, 15) is 4.79 Å². The normalized spacial score (nSPS) is 11.6. The van der Waals surface area contributed by atoms with Crippen LogP contribution in [0.4, 0.5) is 0 Å². The minimum atomic E-state index is -1.40. The number of hydrogen-bond acceptors (Lipinski definition) is 4. The molecular formula is C13H29NO3Si. The molecule has 0 amide bonds. The molecule has 0 aliphatic rings. The van der Waals surface area contributed by atoms with Crippen LogP contribution >= 0.6 is 0 Å². The number of ether oxygens (including phenoxy) is 1. The van der Waals surface area contributed by atoms with Gasteiger partial charge < -0.3 is 14.5 Å². The topological polar surface area (TPSA) is 47.6 Å². The van der Waals surface area contributed by atoms with Crippen LogP contribution in [0.25, 0.3) is 0 Å². The molecule has 0 atom stereocenters. The highest BCUT2D eigenvalue weighted by molar-refractivity contribution is 6.71. The number of carbonyl (C=O) groups is 1. The Kier molecular flexibility index (Phi) is 10.3. The van der Waals surface area contributed by atoms with Crippen molar-refractivity contribution in [2.45, 2.75) is 52.2 Å². The SMILES string of the molecule is CCOC(=O)CCNCCCC[Si](C)(C)OCC. The van der Waals surface area contributed by atoms with E-state index < -0.39 is 8.32 Å². The molecule has 0 aliphatic heterocycles. The summed E-state index contributed by atoms with van der Waals surface area (Å²) in [6, 6.07) is 1.21. The maximum absolute atomic E-state index is 11.1. The zero-order valence-electron chi connectivity index (χ0n) is 12.4. The van der Waals surface area contributed by atoms with Gasteiger partial charge in [-0.25, -0.2) is 0 Å². The van der Waals surface area contributed by atoms with E-state index in [2.05, 4.69) is 25.3 Å². The molecule has 0 unspecified atom stereocenters. The number of esters is 1. The van der Waals surface area contributed by atoms with Crippen LogP contribution in [0.2, 0.25) is 19.1 Å². The summed E-state index contributed by atoms with van der Waals surface area (Å²) >= 11 is 0. The molecule has 0 fully saturated rings.